The molecular formula is C35H25N3O2. The number of nitrogens with one attached hydrogen (secondary N) is 1. The van der Waals surface area contributed by atoms with E-state index in [1.165, 1.54) is 0 Å². The lowest BCUT2D eigenvalue weighted by Crippen LogP contribution is -2.11. The minimum Gasteiger partial charge on any atom is -0.497 e. The van der Waals surface area contributed by atoms with Gasteiger partial charge in [0.05, 0.1) is 23.8 Å². The van der Waals surface area contributed by atoms with Crippen molar-refractivity contribution in [1.29, 1.82) is 0 Å². The number of hydrogen-bond acceptors (Lipinski definition) is 3. The van der Waals surface area contributed by atoms with Crippen molar-refractivity contribution in [2.45, 2.75) is 0 Å². The van der Waals surface area contributed by atoms with Crippen LogP contribution in [-0.2, 0) is 0 Å². The zero-order chi connectivity index (χ0) is 27.1. The third-order valence-electron chi connectivity index (χ3n) is 7.30. The minimum atomic E-state index is -0.128. The number of rotatable bonds is 5. The lowest BCUT2D eigenvalue weighted by molar-refractivity contribution is 0.102. The topological polar surface area (TPSA) is 55.6 Å². The Hall–Kier alpha value is -5.42. The molecule has 0 aliphatic rings. The lowest BCUT2D eigenvalue weighted by Gasteiger charge is -2.10. The van der Waals surface area contributed by atoms with E-state index in [2.05, 4.69) is 64.4 Å². The summed E-state index contributed by atoms with van der Waals surface area (Å²) in [6.07, 6.45) is 2.10. The molecule has 0 atom stereocenters. The minimum absolute atomic E-state index is 0.128. The van der Waals surface area contributed by atoms with Gasteiger partial charge < -0.3 is 14.5 Å². The lowest BCUT2D eigenvalue weighted by atomic mass is 10.0. The van der Waals surface area contributed by atoms with Crippen LogP contribution in [0.5, 0.6) is 5.75 Å². The maximum atomic E-state index is 12.7. The van der Waals surface area contributed by atoms with Crippen LogP contribution in [0.2, 0.25) is 0 Å². The SMILES string of the molecule is COc1ccc(-c2nc3ccccc3c3cc4cc(-c5ccc(C(=O)Nc6ccccc6)cc5)ccn4c23)cc1. The zero-order valence-electron chi connectivity index (χ0n) is 21.8. The van der Waals surface area contributed by atoms with Gasteiger partial charge in [0.2, 0.25) is 0 Å². The van der Waals surface area contributed by atoms with Crippen molar-refractivity contribution in [3.63, 3.8) is 0 Å². The Morgan fingerprint density at radius 2 is 1.45 bits per heavy atom. The first kappa shape index (κ1) is 23.7. The van der Waals surface area contributed by atoms with Gasteiger partial charge in [0.1, 0.15) is 5.75 Å². The quantitative estimate of drug-likeness (QED) is 0.249. The monoisotopic (exact) mass is 519 g/mol. The number of ether oxygens (including phenoxy) is 1. The summed E-state index contributed by atoms with van der Waals surface area (Å²) in [5, 5.41) is 5.21. The van der Waals surface area contributed by atoms with Crippen LogP contribution in [0.1, 0.15) is 10.4 Å². The molecule has 0 radical (unpaired) electrons. The van der Waals surface area contributed by atoms with Gasteiger partial charge in [-0.15, -0.1) is 0 Å². The number of para-hydroxylation sites is 2. The van der Waals surface area contributed by atoms with Gasteiger partial charge in [-0.3, -0.25) is 4.79 Å². The van der Waals surface area contributed by atoms with Gasteiger partial charge in [-0.1, -0.05) is 48.5 Å². The number of anilines is 1. The molecule has 0 saturated heterocycles. The van der Waals surface area contributed by atoms with Crippen LogP contribution in [0.15, 0.2) is 128 Å². The standard InChI is InChI=1S/C35H25N3O2/c1-40-29-17-15-24(16-18-29)33-34-31(30-9-5-6-10-32(30)37-33)22-28-21-26(19-20-38(28)34)23-11-13-25(14-12-23)35(39)36-27-7-3-2-4-8-27/h2-22H,1H3,(H,36,39). The van der Waals surface area contributed by atoms with Gasteiger partial charge in [0, 0.05) is 39.3 Å². The fraction of sp³-hybridized carbons (Fsp3) is 0.0286. The maximum Gasteiger partial charge on any atom is 0.255 e. The Kier molecular flexibility index (Phi) is 5.75. The molecule has 7 aromatic rings. The molecular weight excluding hydrogens is 494 g/mol. The number of fused-ring (bicyclic) bond motifs is 5. The first-order valence-electron chi connectivity index (χ1n) is 13.1. The van der Waals surface area contributed by atoms with Gasteiger partial charge in [0.25, 0.3) is 5.91 Å². The number of carbonyl (C=O) groups excluding carboxylic acids is 1. The van der Waals surface area contributed by atoms with E-state index in [1.807, 2.05) is 72.8 Å². The van der Waals surface area contributed by atoms with Crippen molar-refractivity contribution in [2.75, 3.05) is 12.4 Å². The highest BCUT2D eigenvalue weighted by Crippen LogP contribution is 2.36. The van der Waals surface area contributed by atoms with Crippen molar-refractivity contribution >= 4 is 38.9 Å². The van der Waals surface area contributed by atoms with Gasteiger partial charge >= 0.3 is 0 Å². The summed E-state index contributed by atoms with van der Waals surface area (Å²) in [5.74, 6) is 0.686. The van der Waals surface area contributed by atoms with E-state index in [-0.39, 0.29) is 5.91 Å². The number of hydrogen-bond donors (Lipinski definition) is 1. The van der Waals surface area contributed by atoms with E-state index < -0.39 is 0 Å². The molecule has 3 heterocycles. The summed E-state index contributed by atoms with van der Waals surface area (Å²) in [7, 11) is 1.67. The van der Waals surface area contributed by atoms with Crippen LogP contribution in [0.4, 0.5) is 5.69 Å². The van der Waals surface area contributed by atoms with Crippen LogP contribution >= 0.6 is 0 Å². The summed E-state index contributed by atoms with van der Waals surface area (Å²) in [6, 6.07) is 40.0. The first-order valence-corrected chi connectivity index (χ1v) is 13.1. The van der Waals surface area contributed by atoms with Crippen molar-refractivity contribution in [2.24, 2.45) is 0 Å². The van der Waals surface area contributed by atoms with Crippen molar-refractivity contribution in [3.05, 3.63) is 133 Å². The average molecular weight is 520 g/mol. The average Bonchev–Trinajstić information content (AvgIpc) is 3.40. The number of amides is 1. The molecule has 4 aromatic carbocycles. The van der Waals surface area contributed by atoms with Crippen LogP contribution in [0.3, 0.4) is 0 Å². The van der Waals surface area contributed by atoms with Crippen molar-refractivity contribution < 1.29 is 9.53 Å². The highest BCUT2D eigenvalue weighted by atomic mass is 16.5. The molecule has 0 saturated carbocycles. The predicted octanol–water partition coefficient (Wildman–Crippen LogP) is 8.24. The van der Waals surface area contributed by atoms with E-state index in [4.69, 9.17) is 9.72 Å². The largest absolute Gasteiger partial charge is 0.497 e. The molecule has 0 fully saturated rings. The second-order valence-electron chi connectivity index (χ2n) is 9.72. The van der Waals surface area contributed by atoms with Crippen LogP contribution in [0, 0.1) is 0 Å². The number of aromatic nitrogens is 2. The molecule has 0 spiro atoms. The molecule has 40 heavy (non-hydrogen) atoms. The summed E-state index contributed by atoms with van der Waals surface area (Å²) in [5.41, 5.74) is 8.58. The Morgan fingerprint density at radius 1 is 0.725 bits per heavy atom. The third-order valence-corrected chi connectivity index (χ3v) is 7.30. The predicted molar refractivity (Wildman–Crippen MR) is 162 cm³/mol. The molecule has 3 aromatic heterocycles. The highest BCUT2D eigenvalue weighted by molar-refractivity contribution is 6.12. The summed E-state index contributed by atoms with van der Waals surface area (Å²) < 4.78 is 7.58. The van der Waals surface area contributed by atoms with Crippen LogP contribution < -0.4 is 10.1 Å². The number of pyridine rings is 2. The number of methoxy groups -OCH3 is 1. The van der Waals surface area contributed by atoms with Gasteiger partial charge in [-0.05, 0) is 83.9 Å². The number of carbonyl (C=O) groups is 1. The fourth-order valence-corrected chi connectivity index (χ4v) is 5.27. The third kappa shape index (κ3) is 4.14. The molecule has 0 aliphatic carbocycles. The highest BCUT2D eigenvalue weighted by Gasteiger charge is 2.16. The molecule has 192 valence electrons. The van der Waals surface area contributed by atoms with Crippen LogP contribution in [0.25, 0.3) is 49.7 Å². The molecule has 7 rings (SSSR count). The molecule has 0 bridgehead atoms. The Morgan fingerprint density at radius 3 is 2.23 bits per heavy atom. The fourth-order valence-electron chi connectivity index (χ4n) is 5.27. The van der Waals surface area contributed by atoms with E-state index in [1.54, 1.807) is 7.11 Å². The number of nitrogens with zero attached hydrogens (tertiary/aromatic N) is 2. The summed E-state index contributed by atoms with van der Waals surface area (Å²) in [6.45, 7) is 0. The van der Waals surface area contributed by atoms with Crippen molar-refractivity contribution in [3.8, 4) is 28.1 Å². The second-order valence-corrected chi connectivity index (χ2v) is 9.72. The molecule has 1 amide bonds. The van der Waals surface area contributed by atoms with Gasteiger partial charge in [-0.25, -0.2) is 4.98 Å². The molecule has 5 heteroatoms. The molecule has 0 aliphatic heterocycles. The summed E-state index contributed by atoms with van der Waals surface area (Å²) in [4.78, 5) is 17.8. The number of benzene rings is 4. The van der Waals surface area contributed by atoms with Gasteiger partial charge in [0.15, 0.2) is 0 Å². The Bertz CT molecular complexity index is 2010. The first-order chi connectivity index (χ1) is 19.7. The zero-order valence-corrected chi connectivity index (χ0v) is 21.8. The molecule has 5 nitrogen and oxygen atoms in total. The van der Waals surface area contributed by atoms with E-state index in [0.29, 0.717) is 5.56 Å². The molecule has 1 N–H and O–H groups in total. The van der Waals surface area contributed by atoms with E-state index in [9.17, 15) is 4.79 Å². The second kappa shape index (κ2) is 9.71. The normalized spacial score (nSPS) is 11.2. The Labute approximate surface area is 231 Å². The Balaban J connectivity index is 1.30. The smallest absolute Gasteiger partial charge is 0.255 e. The summed E-state index contributed by atoms with van der Waals surface area (Å²) >= 11 is 0. The van der Waals surface area contributed by atoms with Gasteiger partial charge in [-0.2, -0.15) is 0 Å². The van der Waals surface area contributed by atoms with E-state index >= 15 is 0 Å². The van der Waals surface area contributed by atoms with Crippen molar-refractivity contribution in [1.82, 2.24) is 9.38 Å². The molecule has 0 unspecified atom stereocenters. The maximum absolute atomic E-state index is 12.7. The van der Waals surface area contributed by atoms with E-state index in [0.717, 1.165) is 61.1 Å². The van der Waals surface area contributed by atoms with Crippen LogP contribution in [-0.4, -0.2) is 22.4 Å².